The Morgan fingerprint density at radius 1 is 1.10 bits per heavy atom. The van der Waals surface area contributed by atoms with Crippen molar-refractivity contribution in [2.75, 3.05) is 11.9 Å². The molecule has 0 radical (unpaired) electrons. The molecular formula is C23H27N5OS. The number of nitrogens with zero attached hydrogens (tertiary/aromatic N) is 4. The molecule has 0 unspecified atom stereocenters. The van der Waals surface area contributed by atoms with Crippen LogP contribution in [0.15, 0.2) is 46.6 Å². The summed E-state index contributed by atoms with van der Waals surface area (Å²) in [7, 11) is 1.93. The fourth-order valence-electron chi connectivity index (χ4n) is 3.89. The summed E-state index contributed by atoms with van der Waals surface area (Å²) in [6, 6.07) is 11.9. The van der Waals surface area contributed by atoms with Crippen LogP contribution in [0.1, 0.15) is 30.4 Å². The number of para-hydroxylation sites is 1. The number of thiazole rings is 1. The molecule has 0 aliphatic rings. The van der Waals surface area contributed by atoms with Crippen LogP contribution >= 0.6 is 11.3 Å². The number of anilines is 1. The summed E-state index contributed by atoms with van der Waals surface area (Å²) in [6.07, 6.45) is 1.06. The maximum absolute atomic E-state index is 13.5. The largest absolute Gasteiger partial charge is 0.362 e. The smallest absolute Gasteiger partial charge is 0.295 e. The summed E-state index contributed by atoms with van der Waals surface area (Å²) in [4.78, 5) is 18.2. The van der Waals surface area contributed by atoms with Crippen LogP contribution in [0.2, 0.25) is 0 Å². The molecule has 0 amide bonds. The summed E-state index contributed by atoms with van der Waals surface area (Å²) in [5, 5.41) is 6.35. The van der Waals surface area contributed by atoms with Crippen molar-refractivity contribution < 1.29 is 0 Å². The predicted molar refractivity (Wildman–Crippen MR) is 124 cm³/mol. The van der Waals surface area contributed by atoms with E-state index in [2.05, 4.69) is 35.2 Å². The lowest BCUT2D eigenvalue weighted by Gasteiger charge is -2.08. The quantitative estimate of drug-likeness (QED) is 0.485. The lowest BCUT2D eigenvalue weighted by molar-refractivity contribution is 0.630. The first-order valence-electron chi connectivity index (χ1n) is 10.2. The van der Waals surface area contributed by atoms with Crippen molar-refractivity contribution in [1.82, 2.24) is 18.9 Å². The molecule has 0 saturated carbocycles. The zero-order valence-electron chi connectivity index (χ0n) is 18.1. The maximum Gasteiger partial charge on any atom is 0.295 e. The third kappa shape index (κ3) is 3.29. The van der Waals surface area contributed by atoms with Crippen LogP contribution < -0.4 is 10.9 Å². The molecule has 0 spiro atoms. The van der Waals surface area contributed by atoms with E-state index in [0.717, 1.165) is 52.1 Å². The first-order chi connectivity index (χ1) is 14.4. The van der Waals surface area contributed by atoms with Crippen LogP contribution in [0, 0.1) is 20.8 Å². The number of benzene rings is 1. The van der Waals surface area contributed by atoms with Gasteiger partial charge in [0.2, 0.25) is 0 Å². The van der Waals surface area contributed by atoms with Gasteiger partial charge in [0.15, 0.2) is 5.13 Å². The van der Waals surface area contributed by atoms with E-state index in [4.69, 9.17) is 4.98 Å². The molecule has 6 nitrogen and oxygen atoms in total. The summed E-state index contributed by atoms with van der Waals surface area (Å²) in [6.45, 7) is 9.13. The van der Waals surface area contributed by atoms with E-state index in [1.165, 1.54) is 0 Å². The van der Waals surface area contributed by atoms with Gasteiger partial charge in [-0.15, -0.1) is 11.3 Å². The van der Waals surface area contributed by atoms with Crippen molar-refractivity contribution in [2.45, 2.75) is 34.1 Å². The van der Waals surface area contributed by atoms with Crippen LogP contribution in [-0.2, 0) is 7.05 Å². The molecule has 0 aliphatic carbocycles. The second-order valence-corrected chi connectivity index (χ2v) is 8.35. The Balaban J connectivity index is 1.83. The molecule has 4 aromatic rings. The monoisotopic (exact) mass is 421 g/mol. The predicted octanol–water partition coefficient (Wildman–Crippen LogP) is 4.84. The second-order valence-electron chi connectivity index (χ2n) is 7.50. The van der Waals surface area contributed by atoms with Crippen LogP contribution in [0.4, 0.5) is 5.13 Å². The van der Waals surface area contributed by atoms with Gasteiger partial charge in [-0.05, 0) is 45.4 Å². The molecule has 0 aliphatic heterocycles. The highest BCUT2D eigenvalue weighted by Crippen LogP contribution is 2.32. The van der Waals surface area contributed by atoms with Gasteiger partial charge in [-0.1, -0.05) is 25.1 Å². The molecule has 156 valence electrons. The average molecular weight is 422 g/mol. The van der Waals surface area contributed by atoms with Gasteiger partial charge in [0, 0.05) is 35.9 Å². The minimum absolute atomic E-state index is 0.0295. The second kappa shape index (κ2) is 7.99. The molecule has 7 heteroatoms. The van der Waals surface area contributed by atoms with Crippen molar-refractivity contribution in [3.63, 3.8) is 0 Å². The van der Waals surface area contributed by atoms with Crippen molar-refractivity contribution in [2.24, 2.45) is 7.05 Å². The van der Waals surface area contributed by atoms with Gasteiger partial charge in [-0.3, -0.25) is 9.48 Å². The Morgan fingerprint density at radius 2 is 1.83 bits per heavy atom. The first-order valence-corrected chi connectivity index (χ1v) is 11.0. The van der Waals surface area contributed by atoms with Gasteiger partial charge in [0.1, 0.15) is 5.69 Å². The minimum Gasteiger partial charge on any atom is -0.362 e. The first kappa shape index (κ1) is 20.2. The average Bonchev–Trinajstić information content (AvgIpc) is 3.38. The highest BCUT2D eigenvalue weighted by atomic mass is 32.1. The number of rotatable bonds is 6. The van der Waals surface area contributed by atoms with Gasteiger partial charge in [0.05, 0.1) is 17.1 Å². The van der Waals surface area contributed by atoms with Gasteiger partial charge >= 0.3 is 0 Å². The van der Waals surface area contributed by atoms with Crippen LogP contribution in [-0.4, -0.2) is 25.5 Å². The molecular weight excluding hydrogens is 394 g/mol. The van der Waals surface area contributed by atoms with Crippen molar-refractivity contribution >= 4 is 16.5 Å². The van der Waals surface area contributed by atoms with Crippen molar-refractivity contribution in [1.29, 1.82) is 0 Å². The highest BCUT2D eigenvalue weighted by molar-refractivity contribution is 7.14. The molecule has 3 heterocycles. The molecule has 0 bridgehead atoms. The topological polar surface area (TPSA) is 56.8 Å². The molecule has 1 N–H and O–H groups in total. The lowest BCUT2D eigenvalue weighted by Crippen LogP contribution is -2.21. The summed E-state index contributed by atoms with van der Waals surface area (Å²) in [5.74, 6) is 0. The third-order valence-corrected chi connectivity index (χ3v) is 6.28. The van der Waals surface area contributed by atoms with Crippen LogP contribution in [0.25, 0.3) is 22.6 Å². The number of hydrogen-bond donors (Lipinski definition) is 1. The van der Waals surface area contributed by atoms with E-state index in [1.54, 1.807) is 16.0 Å². The van der Waals surface area contributed by atoms with Gasteiger partial charge in [0.25, 0.3) is 5.56 Å². The normalized spacial score (nSPS) is 11.2. The SMILES string of the molecule is CCCNc1nc(-c2cc(C)n(-c3c(C)n(C)n(-c4ccccc4)c3=O)c2C)cs1. The zero-order chi connectivity index (χ0) is 21.4. The Bertz CT molecular complexity index is 1240. The molecule has 4 rings (SSSR count). The van der Waals surface area contributed by atoms with E-state index in [1.807, 2.05) is 55.9 Å². The van der Waals surface area contributed by atoms with Crippen molar-refractivity contribution in [3.8, 4) is 22.6 Å². The fourth-order valence-corrected chi connectivity index (χ4v) is 4.63. The van der Waals surface area contributed by atoms with Gasteiger partial charge < -0.3 is 9.88 Å². The molecule has 30 heavy (non-hydrogen) atoms. The highest BCUT2D eigenvalue weighted by Gasteiger charge is 2.22. The Hall–Kier alpha value is -3.06. The summed E-state index contributed by atoms with van der Waals surface area (Å²) >= 11 is 1.61. The molecule has 1 aromatic carbocycles. The van der Waals surface area contributed by atoms with E-state index in [0.29, 0.717) is 5.69 Å². The minimum atomic E-state index is -0.0295. The molecule has 0 saturated heterocycles. The van der Waals surface area contributed by atoms with Crippen LogP contribution in [0.5, 0.6) is 0 Å². The molecule has 3 aromatic heterocycles. The molecule has 0 fully saturated rings. The van der Waals surface area contributed by atoms with Gasteiger partial charge in [-0.25, -0.2) is 9.67 Å². The Kier molecular flexibility index (Phi) is 5.39. The number of hydrogen-bond acceptors (Lipinski definition) is 4. The van der Waals surface area contributed by atoms with E-state index >= 15 is 0 Å². The van der Waals surface area contributed by atoms with E-state index in [9.17, 15) is 4.79 Å². The fraction of sp³-hybridized carbons (Fsp3) is 0.304. The maximum atomic E-state index is 13.5. The standard InChI is InChI=1S/C23H27N5OS/c1-6-12-24-23-25-20(14-30-23)19-13-15(2)27(16(19)3)21-17(4)26(5)28(22(21)29)18-10-8-7-9-11-18/h7-11,13-14H,6,12H2,1-5H3,(H,24,25). The van der Waals surface area contributed by atoms with Crippen molar-refractivity contribution in [3.05, 3.63) is 69.2 Å². The number of nitrogens with one attached hydrogen (secondary N) is 1. The third-order valence-electron chi connectivity index (χ3n) is 5.48. The van der Waals surface area contributed by atoms with E-state index < -0.39 is 0 Å². The van der Waals surface area contributed by atoms with Gasteiger partial charge in [-0.2, -0.15) is 0 Å². The molecule has 0 atom stereocenters. The van der Waals surface area contributed by atoms with E-state index in [-0.39, 0.29) is 5.56 Å². The van der Waals surface area contributed by atoms with Crippen LogP contribution in [0.3, 0.4) is 0 Å². The summed E-state index contributed by atoms with van der Waals surface area (Å²) < 4.78 is 5.70. The summed E-state index contributed by atoms with van der Waals surface area (Å²) in [5.41, 5.74) is 6.46. The zero-order valence-corrected chi connectivity index (χ0v) is 18.9. The number of aromatic nitrogens is 4. The lowest BCUT2D eigenvalue weighted by atomic mass is 10.2. The Morgan fingerprint density at radius 3 is 2.53 bits per heavy atom. The Labute approximate surface area is 180 Å². The number of aryl methyl sites for hydroxylation is 1.